The molecular formula is C18H29N3O3. The molecule has 0 aromatic heterocycles. The summed E-state index contributed by atoms with van der Waals surface area (Å²) in [6.07, 6.45) is 1.05. The Morgan fingerprint density at radius 1 is 1.21 bits per heavy atom. The molecule has 6 nitrogen and oxygen atoms in total. The Balaban J connectivity index is 2.39. The van der Waals surface area contributed by atoms with Gasteiger partial charge in [0.1, 0.15) is 6.61 Å². The summed E-state index contributed by atoms with van der Waals surface area (Å²) >= 11 is 0. The fourth-order valence-corrected chi connectivity index (χ4v) is 1.95. The summed E-state index contributed by atoms with van der Waals surface area (Å²) in [7, 11) is 3.54. The SMILES string of the molecule is CNCCN(C)C(=O)OCc1ccc(NC(=O)CCC(C)C)cc1. The van der Waals surface area contributed by atoms with Gasteiger partial charge in [-0.2, -0.15) is 0 Å². The number of hydrogen-bond acceptors (Lipinski definition) is 4. The average Bonchev–Trinajstić information content (AvgIpc) is 2.56. The third-order valence-electron chi connectivity index (χ3n) is 3.56. The Bertz CT molecular complexity index is 515. The average molecular weight is 335 g/mol. The zero-order valence-corrected chi connectivity index (χ0v) is 15.1. The minimum atomic E-state index is -0.351. The van der Waals surface area contributed by atoms with E-state index in [2.05, 4.69) is 24.5 Å². The largest absolute Gasteiger partial charge is 0.445 e. The molecule has 0 saturated heterocycles. The highest BCUT2D eigenvalue weighted by Crippen LogP contribution is 2.12. The van der Waals surface area contributed by atoms with E-state index in [9.17, 15) is 9.59 Å². The number of carbonyl (C=O) groups excluding carboxylic acids is 2. The molecule has 1 aromatic rings. The Hall–Kier alpha value is -2.08. The van der Waals surface area contributed by atoms with Gasteiger partial charge in [0.05, 0.1) is 0 Å². The maximum atomic E-state index is 11.8. The van der Waals surface area contributed by atoms with E-state index in [-0.39, 0.29) is 18.6 Å². The van der Waals surface area contributed by atoms with Crippen LogP contribution in [0, 0.1) is 5.92 Å². The lowest BCUT2D eigenvalue weighted by molar-refractivity contribution is -0.116. The fourth-order valence-electron chi connectivity index (χ4n) is 1.95. The van der Waals surface area contributed by atoms with Crippen LogP contribution in [-0.4, -0.2) is 44.1 Å². The third kappa shape index (κ3) is 7.97. The van der Waals surface area contributed by atoms with Crippen LogP contribution in [0.25, 0.3) is 0 Å². The number of anilines is 1. The van der Waals surface area contributed by atoms with E-state index in [4.69, 9.17) is 4.74 Å². The van der Waals surface area contributed by atoms with E-state index in [0.717, 1.165) is 24.2 Å². The zero-order chi connectivity index (χ0) is 17.9. The molecule has 134 valence electrons. The lowest BCUT2D eigenvalue weighted by Crippen LogP contribution is -2.33. The predicted molar refractivity (Wildman–Crippen MR) is 95.9 cm³/mol. The second kappa shape index (κ2) is 10.6. The molecule has 0 aliphatic heterocycles. The minimum Gasteiger partial charge on any atom is -0.445 e. The molecule has 0 atom stereocenters. The van der Waals surface area contributed by atoms with Gasteiger partial charge in [0, 0.05) is 32.2 Å². The van der Waals surface area contributed by atoms with Crippen molar-refractivity contribution in [1.29, 1.82) is 0 Å². The van der Waals surface area contributed by atoms with Gasteiger partial charge in [-0.05, 0) is 37.1 Å². The molecule has 6 heteroatoms. The van der Waals surface area contributed by atoms with Crippen LogP contribution in [0.4, 0.5) is 10.5 Å². The topological polar surface area (TPSA) is 70.7 Å². The standard InChI is InChI=1S/C18H29N3O3/c1-14(2)5-10-17(22)20-16-8-6-15(7-9-16)13-24-18(23)21(4)12-11-19-3/h6-9,14,19H,5,10-13H2,1-4H3,(H,20,22). The number of nitrogens with one attached hydrogen (secondary N) is 2. The normalized spacial score (nSPS) is 10.5. The maximum Gasteiger partial charge on any atom is 0.409 e. The van der Waals surface area contributed by atoms with Crippen LogP contribution in [-0.2, 0) is 16.1 Å². The van der Waals surface area contributed by atoms with Gasteiger partial charge in [-0.15, -0.1) is 0 Å². The van der Waals surface area contributed by atoms with Crippen molar-refractivity contribution < 1.29 is 14.3 Å². The van der Waals surface area contributed by atoms with Gasteiger partial charge in [0.2, 0.25) is 5.91 Å². The molecule has 2 N–H and O–H groups in total. The summed E-state index contributed by atoms with van der Waals surface area (Å²) in [5, 5.41) is 5.85. The van der Waals surface area contributed by atoms with Crippen molar-refractivity contribution in [3.63, 3.8) is 0 Å². The van der Waals surface area contributed by atoms with E-state index in [0.29, 0.717) is 18.9 Å². The second-order valence-corrected chi connectivity index (χ2v) is 6.26. The minimum absolute atomic E-state index is 0.0223. The van der Waals surface area contributed by atoms with Crippen LogP contribution < -0.4 is 10.6 Å². The molecule has 24 heavy (non-hydrogen) atoms. The van der Waals surface area contributed by atoms with Crippen molar-refractivity contribution in [2.45, 2.75) is 33.3 Å². The first-order chi connectivity index (χ1) is 11.4. The number of amides is 2. The van der Waals surface area contributed by atoms with E-state index >= 15 is 0 Å². The number of ether oxygens (including phenoxy) is 1. The highest BCUT2D eigenvalue weighted by atomic mass is 16.6. The molecule has 1 aromatic carbocycles. The van der Waals surface area contributed by atoms with Crippen molar-refractivity contribution in [2.24, 2.45) is 5.92 Å². The maximum absolute atomic E-state index is 11.8. The summed E-state index contributed by atoms with van der Waals surface area (Å²) in [6, 6.07) is 7.33. The molecule has 1 rings (SSSR count). The summed E-state index contributed by atoms with van der Waals surface area (Å²) in [5.74, 6) is 0.535. The van der Waals surface area contributed by atoms with Crippen LogP contribution in [0.5, 0.6) is 0 Å². The van der Waals surface area contributed by atoms with Crippen molar-refractivity contribution in [3.8, 4) is 0 Å². The highest BCUT2D eigenvalue weighted by molar-refractivity contribution is 5.90. The van der Waals surface area contributed by atoms with Crippen molar-refractivity contribution in [2.75, 3.05) is 32.5 Å². The van der Waals surface area contributed by atoms with Gasteiger partial charge in [0.25, 0.3) is 0 Å². The number of rotatable bonds is 9. The van der Waals surface area contributed by atoms with Gasteiger partial charge in [0.15, 0.2) is 0 Å². The zero-order valence-electron chi connectivity index (χ0n) is 15.1. The molecular weight excluding hydrogens is 306 g/mol. The first-order valence-corrected chi connectivity index (χ1v) is 8.33. The Morgan fingerprint density at radius 3 is 2.46 bits per heavy atom. The molecule has 2 amide bonds. The molecule has 0 bridgehead atoms. The summed E-state index contributed by atoms with van der Waals surface area (Å²) in [6.45, 7) is 5.72. The first kappa shape index (κ1) is 20.0. The van der Waals surface area contributed by atoms with Crippen molar-refractivity contribution in [1.82, 2.24) is 10.2 Å². The fraction of sp³-hybridized carbons (Fsp3) is 0.556. The van der Waals surface area contributed by atoms with Crippen LogP contribution in [0.15, 0.2) is 24.3 Å². The van der Waals surface area contributed by atoms with Crippen LogP contribution in [0.2, 0.25) is 0 Å². The number of likely N-dealkylation sites (N-methyl/N-ethyl adjacent to an activating group) is 2. The molecule has 0 aliphatic carbocycles. The van der Waals surface area contributed by atoms with Gasteiger partial charge < -0.3 is 20.3 Å². The first-order valence-electron chi connectivity index (χ1n) is 8.33. The third-order valence-corrected chi connectivity index (χ3v) is 3.56. The molecule has 0 saturated carbocycles. The van der Waals surface area contributed by atoms with Gasteiger partial charge >= 0.3 is 6.09 Å². The van der Waals surface area contributed by atoms with Crippen LogP contribution >= 0.6 is 0 Å². The Kier molecular flexibility index (Phi) is 8.86. The van der Waals surface area contributed by atoms with E-state index < -0.39 is 0 Å². The smallest absolute Gasteiger partial charge is 0.409 e. The lowest BCUT2D eigenvalue weighted by Gasteiger charge is -2.16. The van der Waals surface area contributed by atoms with Crippen LogP contribution in [0.1, 0.15) is 32.3 Å². The monoisotopic (exact) mass is 335 g/mol. The number of nitrogens with zero attached hydrogens (tertiary/aromatic N) is 1. The van der Waals surface area contributed by atoms with Crippen molar-refractivity contribution in [3.05, 3.63) is 29.8 Å². The van der Waals surface area contributed by atoms with E-state index in [1.165, 1.54) is 4.90 Å². The summed E-state index contributed by atoms with van der Waals surface area (Å²) < 4.78 is 5.24. The van der Waals surface area contributed by atoms with Gasteiger partial charge in [-0.1, -0.05) is 26.0 Å². The summed E-state index contributed by atoms with van der Waals surface area (Å²) in [4.78, 5) is 25.1. The van der Waals surface area contributed by atoms with Gasteiger partial charge in [-0.25, -0.2) is 4.79 Å². The summed E-state index contributed by atoms with van der Waals surface area (Å²) in [5.41, 5.74) is 1.63. The predicted octanol–water partition coefficient (Wildman–Crippen LogP) is 2.85. The molecule has 0 heterocycles. The molecule has 0 fully saturated rings. The molecule has 0 unspecified atom stereocenters. The molecule has 0 aliphatic rings. The lowest BCUT2D eigenvalue weighted by atomic mass is 10.1. The number of hydrogen-bond donors (Lipinski definition) is 2. The van der Waals surface area contributed by atoms with Gasteiger partial charge in [-0.3, -0.25) is 4.79 Å². The van der Waals surface area contributed by atoms with E-state index in [1.54, 1.807) is 7.05 Å². The van der Waals surface area contributed by atoms with E-state index in [1.807, 2.05) is 31.3 Å². The quantitative estimate of drug-likeness (QED) is 0.728. The number of benzene rings is 1. The second-order valence-electron chi connectivity index (χ2n) is 6.26. The highest BCUT2D eigenvalue weighted by Gasteiger charge is 2.09. The van der Waals surface area contributed by atoms with Crippen LogP contribution in [0.3, 0.4) is 0 Å². The molecule has 0 spiro atoms. The Labute approximate surface area is 144 Å². The number of carbonyl (C=O) groups is 2. The molecule has 0 radical (unpaired) electrons. The van der Waals surface area contributed by atoms with Crippen molar-refractivity contribution >= 4 is 17.7 Å². The Morgan fingerprint density at radius 2 is 1.88 bits per heavy atom.